The number of fused-ring (bicyclic) bond motifs is 2. The lowest BCUT2D eigenvalue weighted by Crippen LogP contribution is -2.15. The number of hydrogen-bond acceptors (Lipinski definition) is 4. The summed E-state index contributed by atoms with van der Waals surface area (Å²) in [5.41, 5.74) is 4.78. The molecule has 0 bridgehead atoms. The van der Waals surface area contributed by atoms with E-state index in [0.29, 0.717) is 33.7 Å². The molecule has 0 aliphatic heterocycles. The van der Waals surface area contributed by atoms with Crippen molar-refractivity contribution in [2.45, 2.75) is 27.7 Å². The van der Waals surface area contributed by atoms with E-state index in [1.165, 1.54) is 0 Å². The first-order valence-corrected chi connectivity index (χ1v) is 10.7. The van der Waals surface area contributed by atoms with Crippen LogP contribution in [-0.2, 0) is 0 Å². The van der Waals surface area contributed by atoms with Crippen molar-refractivity contribution in [1.29, 1.82) is 0 Å². The Morgan fingerprint density at radius 3 is 2.73 bits per heavy atom. The van der Waals surface area contributed by atoms with Gasteiger partial charge in [-0.1, -0.05) is 44.6 Å². The Kier molecular flexibility index (Phi) is 6.09. The molecule has 0 atom stereocenters. The molecule has 3 heterocycles. The predicted molar refractivity (Wildman–Crippen MR) is 131 cm³/mol. The fraction of sp³-hybridized carbons (Fsp3) is 0.192. The third-order valence-corrected chi connectivity index (χ3v) is 5.29. The van der Waals surface area contributed by atoms with Gasteiger partial charge in [-0.3, -0.25) is 10.1 Å². The maximum absolute atomic E-state index is 15.9. The van der Waals surface area contributed by atoms with Crippen molar-refractivity contribution < 1.29 is 4.39 Å². The van der Waals surface area contributed by atoms with Gasteiger partial charge in [0.1, 0.15) is 11.4 Å². The third-order valence-electron chi connectivity index (χ3n) is 5.29. The van der Waals surface area contributed by atoms with E-state index in [2.05, 4.69) is 48.9 Å². The lowest BCUT2D eigenvalue weighted by atomic mass is 10.1. The number of allylic oxidation sites excluding steroid dienone is 5. The van der Waals surface area contributed by atoms with Crippen LogP contribution < -0.4 is 5.32 Å². The molecule has 6 nitrogen and oxygen atoms in total. The molecule has 0 aliphatic carbocycles. The smallest absolute Gasteiger partial charge is 0.161 e. The number of aromatic nitrogens is 5. The van der Waals surface area contributed by atoms with Crippen LogP contribution in [0.1, 0.15) is 33.4 Å². The molecule has 33 heavy (non-hydrogen) atoms. The average molecular weight is 441 g/mol. The van der Waals surface area contributed by atoms with Crippen molar-refractivity contribution in [2.24, 2.45) is 5.92 Å². The number of para-hydroxylation sites is 2. The van der Waals surface area contributed by atoms with Gasteiger partial charge in [-0.15, -0.1) is 0 Å². The van der Waals surface area contributed by atoms with Gasteiger partial charge in [-0.25, -0.2) is 9.37 Å². The van der Waals surface area contributed by atoms with Crippen LogP contribution in [0.4, 0.5) is 4.39 Å². The Bertz CT molecular complexity index is 1440. The van der Waals surface area contributed by atoms with Gasteiger partial charge in [-0.2, -0.15) is 5.10 Å². The van der Waals surface area contributed by atoms with Crippen LogP contribution in [0.3, 0.4) is 0 Å². The van der Waals surface area contributed by atoms with E-state index in [1.54, 1.807) is 25.3 Å². The number of imidazole rings is 1. The summed E-state index contributed by atoms with van der Waals surface area (Å²) >= 11 is 0. The Hall–Kier alpha value is -4.18. The molecule has 0 spiro atoms. The molecule has 166 valence electrons. The second kappa shape index (κ2) is 9.13. The average Bonchev–Trinajstić information content (AvgIpc) is 3.42. The van der Waals surface area contributed by atoms with Crippen molar-refractivity contribution in [3.8, 4) is 23.4 Å². The van der Waals surface area contributed by atoms with E-state index in [0.717, 1.165) is 16.7 Å². The Morgan fingerprint density at radius 1 is 1.24 bits per heavy atom. The number of pyridine rings is 1. The number of H-pyrrole nitrogens is 2. The lowest BCUT2D eigenvalue weighted by Gasteiger charge is -2.13. The molecule has 3 aromatic heterocycles. The Balaban J connectivity index is 1.81. The minimum atomic E-state index is -0.479. The molecule has 7 heteroatoms. The van der Waals surface area contributed by atoms with Crippen LogP contribution in [0, 0.1) is 23.6 Å². The van der Waals surface area contributed by atoms with Gasteiger partial charge in [0.25, 0.3) is 0 Å². The number of aromatic amines is 2. The molecule has 4 aromatic rings. The van der Waals surface area contributed by atoms with Gasteiger partial charge in [-0.05, 0) is 43.9 Å². The molecule has 0 unspecified atom stereocenters. The normalized spacial score (nSPS) is 12.3. The largest absolute Gasteiger partial charge is 0.352 e. The second-order valence-corrected chi connectivity index (χ2v) is 7.87. The first-order chi connectivity index (χ1) is 15.9. The van der Waals surface area contributed by atoms with E-state index in [-0.39, 0.29) is 11.6 Å². The van der Waals surface area contributed by atoms with E-state index in [1.807, 2.05) is 45.0 Å². The summed E-state index contributed by atoms with van der Waals surface area (Å²) in [6, 6.07) is 7.63. The summed E-state index contributed by atoms with van der Waals surface area (Å²) < 4.78 is 15.9. The highest BCUT2D eigenvalue weighted by atomic mass is 19.1. The van der Waals surface area contributed by atoms with Crippen LogP contribution in [-0.4, -0.2) is 25.1 Å². The summed E-state index contributed by atoms with van der Waals surface area (Å²) in [6.45, 7) is 11.7. The number of nitrogens with one attached hydrogen (secondary N) is 3. The highest BCUT2D eigenvalue weighted by molar-refractivity contribution is 5.95. The predicted octanol–water partition coefficient (Wildman–Crippen LogP) is 5.71. The summed E-state index contributed by atoms with van der Waals surface area (Å²) in [5.74, 6) is 6.14. The highest BCUT2D eigenvalue weighted by Gasteiger charge is 2.20. The molecule has 0 saturated carbocycles. The molecular weight excluding hydrogens is 415 g/mol. The van der Waals surface area contributed by atoms with Crippen LogP contribution >= 0.6 is 0 Å². The number of halogens is 1. The summed E-state index contributed by atoms with van der Waals surface area (Å²) in [5, 5.41) is 10.7. The summed E-state index contributed by atoms with van der Waals surface area (Å²) in [6.07, 6.45) is 5.16. The monoisotopic (exact) mass is 440 g/mol. The van der Waals surface area contributed by atoms with Gasteiger partial charge < -0.3 is 10.3 Å². The van der Waals surface area contributed by atoms with Gasteiger partial charge in [0.05, 0.1) is 33.8 Å². The van der Waals surface area contributed by atoms with Crippen LogP contribution in [0.5, 0.6) is 0 Å². The fourth-order valence-electron chi connectivity index (χ4n) is 3.41. The third kappa shape index (κ3) is 4.28. The first kappa shape index (κ1) is 22.0. The molecule has 4 rings (SSSR count). The van der Waals surface area contributed by atoms with E-state index < -0.39 is 5.82 Å². The van der Waals surface area contributed by atoms with E-state index in [4.69, 9.17) is 0 Å². The van der Waals surface area contributed by atoms with Crippen molar-refractivity contribution in [1.82, 2.24) is 30.5 Å². The van der Waals surface area contributed by atoms with Crippen molar-refractivity contribution in [3.05, 3.63) is 72.1 Å². The minimum Gasteiger partial charge on any atom is -0.352 e. The van der Waals surface area contributed by atoms with Gasteiger partial charge in [0.2, 0.25) is 0 Å². The zero-order valence-electron chi connectivity index (χ0n) is 19.0. The number of nitrogens with zero attached hydrogens (tertiary/aromatic N) is 3. The van der Waals surface area contributed by atoms with Crippen molar-refractivity contribution in [3.63, 3.8) is 0 Å². The maximum Gasteiger partial charge on any atom is 0.161 e. The molecule has 1 aromatic carbocycles. The second-order valence-electron chi connectivity index (χ2n) is 7.87. The van der Waals surface area contributed by atoms with E-state index in [9.17, 15) is 0 Å². The molecule has 0 aliphatic rings. The standard InChI is InChI=1S/C26H25FN6/c1-6-10-18(29-16(5)15(3)4)13-17(7-2)24-23(27)22-21(14-28-24)32-33-25(22)26-30-19-11-8-9-12-20(19)31-26/h7-9,11-15,29H,5H2,1-4H3,(H,30,31)(H,32,33)/b17-7+,18-13+. The maximum atomic E-state index is 15.9. The van der Waals surface area contributed by atoms with E-state index >= 15 is 4.39 Å². The molecule has 0 amide bonds. The lowest BCUT2D eigenvalue weighted by molar-refractivity contribution is 0.630. The SMILES string of the molecule is C=C(N/C(C#CC)=C/C(=C\C)c1ncc2[nH]nc(-c3nc4ccccc4[nH]3)c2c1F)C(C)C. The van der Waals surface area contributed by atoms with Crippen LogP contribution in [0.25, 0.3) is 39.0 Å². The Morgan fingerprint density at radius 2 is 2.03 bits per heavy atom. The molecule has 0 fully saturated rings. The minimum absolute atomic E-state index is 0.205. The number of hydrogen-bond donors (Lipinski definition) is 3. The fourth-order valence-corrected chi connectivity index (χ4v) is 3.41. The van der Waals surface area contributed by atoms with Gasteiger partial charge in [0, 0.05) is 11.3 Å². The zero-order valence-corrected chi connectivity index (χ0v) is 19.0. The molecule has 3 N–H and O–H groups in total. The number of benzene rings is 1. The first-order valence-electron chi connectivity index (χ1n) is 10.7. The van der Waals surface area contributed by atoms with Gasteiger partial charge in [0.15, 0.2) is 11.6 Å². The molecule has 0 radical (unpaired) electrons. The molecular formula is C26H25FN6. The number of rotatable bonds is 6. The highest BCUT2D eigenvalue weighted by Crippen LogP contribution is 2.31. The molecule has 0 saturated heterocycles. The summed E-state index contributed by atoms with van der Waals surface area (Å²) in [4.78, 5) is 12.2. The topological polar surface area (TPSA) is 82.3 Å². The van der Waals surface area contributed by atoms with Crippen molar-refractivity contribution >= 4 is 27.5 Å². The Labute approximate surface area is 191 Å². The van der Waals surface area contributed by atoms with Crippen molar-refractivity contribution in [2.75, 3.05) is 0 Å². The zero-order chi connectivity index (χ0) is 23.5. The quantitative estimate of drug-likeness (QED) is 0.265. The van der Waals surface area contributed by atoms with Gasteiger partial charge >= 0.3 is 0 Å². The summed E-state index contributed by atoms with van der Waals surface area (Å²) in [7, 11) is 0. The van der Waals surface area contributed by atoms with Crippen LogP contribution in [0.2, 0.25) is 0 Å². The van der Waals surface area contributed by atoms with Crippen LogP contribution in [0.15, 0.2) is 60.6 Å².